The molecule has 0 radical (unpaired) electrons. The molecule has 148 valence electrons. The van der Waals surface area contributed by atoms with Gasteiger partial charge in [0, 0.05) is 33.9 Å². The average molecular weight is 478 g/mol. The van der Waals surface area contributed by atoms with Crippen molar-refractivity contribution in [2.24, 2.45) is 4.99 Å². The topological polar surface area (TPSA) is 84.0 Å². The summed E-state index contributed by atoms with van der Waals surface area (Å²) >= 11 is 0. The van der Waals surface area contributed by atoms with Crippen LogP contribution in [0.4, 0.5) is 0 Å². The lowest BCUT2D eigenvalue weighted by atomic mass is 10.1. The highest BCUT2D eigenvalue weighted by molar-refractivity contribution is 14.0. The molecule has 1 amide bonds. The number of methoxy groups -OCH3 is 1. The van der Waals surface area contributed by atoms with Crippen molar-refractivity contribution in [2.75, 3.05) is 47.0 Å². The van der Waals surface area contributed by atoms with Crippen molar-refractivity contribution < 1.29 is 14.3 Å². The van der Waals surface area contributed by atoms with E-state index < -0.39 is 0 Å². The molecule has 0 aliphatic carbocycles. The highest BCUT2D eigenvalue weighted by atomic mass is 127. The van der Waals surface area contributed by atoms with Gasteiger partial charge in [-0.2, -0.15) is 0 Å². The Labute approximate surface area is 173 Å². The predicted octanol–water partition coefficient (Wildman–Crippen LogP) is 1.70. The number of hydrogen-bond acceptors (Lipinski definition) is 4. The minimum atomic E-state index is -0.0972. The van der Waals surface area contributed by atoms with Crippen molar-refractivity contribution >= 4 is 35.8 Å². The molecule has 0 fully saturated rings. The Morgan fingerprint density at radius 3 is 2.50 bits per heavy atom. The van der Waals surface area contributed by atoms with Crippen LogP contribution in [-0.2, 0) is 14.3 Å². The van der Waals surface area contributed by atoms with Crippen molar-refractivity contribution in [2.45, 2.75) is 19.4 Å². The number of nitrogens with one attached hydrogen (secondary N) is 3. The van der Waals surface area contributed by atoms with Gasteiger partial charge in [0.05, 0.1) is 19.3 Å². The van der Waals surface area contributed by atoms with E-state index >= 15 is 0 Å². The molecular weight excluding hydrogens is 447 g/mol. The second-order valence-corrected chi connectivity index (χ2v) is 5.47. The van der Waals surface area contributed by atoms with Gasteiger partial charge in [-0.15, -0.1) is 24.0 Å². The van der Waals surface area contributed by atoms with Gasteiger partial charge in [-0.1, -0.05) is 30.3 Å². The SMILES string of the molecule is CN=C(NCCCOC(C)c1ccccc1)NCC(=O)NCCOC.I. The van der Waals surface area contributed by atoms with Gasteiger partial charge in [-0.05, 0) is 18.9 Å². The standard InChI is InChI=1S/C18H30N4O3.HI/c1-15(16-8-5-4-6-9-16)25-12-7-10-21-18(19-2)22-14-17(23)20-11-13-24-3;/h4-6,8-9,15H,7,10-14H2,1-3H3,(H,20,23)(H2,19,21,22);1H. The summed E-state index contributed by atoms with van der Waals surface area (Å²) in [5.74, 6) is 0.498. The molecule has 0 aromatic heterocycles. The van der Waals surface area contributed by atoms with E-state index in [4.69, 9.17) is 9.47 Å². The molecule has 1 rings (SSSR count). The molecule has 26 heavy (non-hydrogen) atoms. The maximum atomic E-state index is 11.6. The Kier molecular flexibility index (Phi) is 15.0. The first-order valence-electron chi connectivity index (χ1n) is 8.54. The third-order valence-electron chi connectivity index (χ3n) is 3.52. The van der Waals surface area contributed by atoms with Crippen molar-refractivity contribution in [3.05, 3.63) is 35.9 Å². The molecule has 0 bridgehead atoms. The van der Waals surface area contributed by atoms with Crippen molar-refractivity contribution in [1.82, 2.24) is 16.0 Å². The van der Waals surface area contributed by atoms with E-state index in [2.05, 4.69) is 33.1 Å². The zero-order valence-corrected chi connectivity index (χ0v) is 18.1. The minimum absolute atomic E-state index is 0. The molecule has 1 aromatic carbocycles. The van der Waals surface area contributed by atoms with E-state index in [1.54, 1.807) is 14.2 Å². The van der Waals surface area contributed by atoms with E-state index in [0.29, 0.717) is 32.3 Å². The van der Waals surface area contributed by atoms with Gasteiger partial charge in [0.1, 0.15) is 0 Å². The lowest BCUT2D eigenvalue weighted by Crippen LogP contribution is -2.44. The van der Waals surface area contributed by atoms with Crippen LogP contribution in [0.25, 0.3) is 0 Å². The molecule has 1 aromatic rings. The zero-order chi connectivity index (χ0) is 18.3. The molecular formula is C18H31IN4O3. The Morgan fingerprint density at radius 1 is 1.12 bits per heavy atom. The molecule has 1 atom stereocenters. The molecule has 0 spiro atoms. The summed E-state index contributed by atoms with van der Waals surface area (Å²) in [4.78, 5) is 15.7. The van der Waals surface area contributed by atoms with Crippen molar-refractivity contribution in [3.63, 3.8) is 0 Å². The number of halogens is 1. The molecule has 0 aliphatic heterocycles. The number of ether oxygens (including phenoxy) is 2. The van der Waals surface area contributed by atoms with E-state index in [1.165, 1.54) is 5.56 Å². The van der Waals surface area contributed by atoms with Crippen LogP contribution in [0.15, 0.2) is 35.3 Å². The van der Waals surface area contributed by atoms with Gasteiger partial charge in [-0.3, -0.25) is 9.79 Å². The minimum Gasteiger partial charge on any atom is -0.383 e. The number of carbonyl (C=O) groups excluding carboxylic acids is 1. The van der Waals surface area contributed by atoms with E-state index in [9.17, 15) is 4.79 Å². The zero-order valence-electron chi connectivity index (χ0n) is 15.8. The highest BCUT2D eigenvalue weighted by Gasteiger charge is 2.05. The van der Waals surface area contributed by atoms with Gasteiger partial charge in [0.25, 0.3) is 0 Å². The van der Waals surface area contributed by atoms with E-state index in [1.807, 2.05) is 25.1 Å². The molecule has 0 saturated carbocycles. The third-order valence-corrected chi connectivity index (χ3v) is 3.52. The smallest absolute Gasteiger partial charge is 0.239 e. The molecule has 7 nitrogen and oxygen atoms in total. The fraction of sp³-hybridized carbons (Fsp3) is 0.556. The molecule has 3 N–H and O–H groups in total. The first kappa shape index (κ1) is 24.6. The first-order chi connectivity index (χ1) is 12.2. The molecule has 0 heterocycles. The lowest BCUT2D eigenvalue weighted by Gasteiger charge is -2.14. The summed E-state index contributed by atoms with van der Waals surface area (Å²) < 4.78 is 10.7. The summed E-state index contributed by atoms with van der Waals surface area (Å²) in [5, 5.41) is 8.86. The first-order valence-corrected chi connectivity index (χ1v) is 8.54. The fourth-order valence-electron chi connectivity index (χ4n) is 2.10. The van der Waals surface area contributed by atoms with Crippen molar-refractivity contribution in [1.29, 1.82) is 0 Å². The second kappa shape index (κ2) is 15.8. The lowest BCUT2D eigenvalue weighted by molar-refractivity contribution is -0.120. The van der Waals surface area contributed by atoms with Crippen LogP contribution in [0.5, 0.6) is 0 Å². The summed E-state index contributed by atoms with van der Waals surface area (Å²) in [5.41, 5.74) is 1.17. The van der Waals surface area contributed by atoms with Crippen molar-refractivity contribution in [3.8, 4) is 0 Å². The van der Waals surface area contributed by atoms with Crippen LogP contribution < -0.4 is 16.0 Å². The average Bonchev–Trinajstić information content (AvgIpc) is 2.64. The molecule has 0 aliphatic rings. The predicted molar refractivity (Wildman–Crippen MR) is 115 cm³/mol. The van der Waals surface area contributed by atoms with Crippen LogP contribution in [0.3, 0.4) is 0 Å². The quantitative estimate of drug-likeness (QED) is 0.195. The summed E-state index contributed by atoms with van der Waals surface area (Å²) in [6, 6.07) is 10.1. The largest absolute Gasteiger partial charge is 0.383 e. The molecule has 8 heteroatoms. The van der Waals surface area contributed by atoms with Gasteiger partial charge in [0.2, 0.25) is 5.91 Å². The Balaban J connectivity index is 0.00000625. The van der Waals surface area contributed by atoms with Crippen LogP contribution in [0.1, 0.15) is 25.0 Å². The monoisotopic (exact) mass is 478 g/mol. The number of guanidine groups is 1. The maximum absolute atomic E-state index is 11.6. The number of amides is 1. The van der Waals surface area contributed by atoms with Crippen LogP contribution in [0.2, 0.25) is 0 Å². The van der Waals surface area contributed by atoms with Gasteiger partial charge >= 0.3 is 0 Å². The number of hydrogen-bond donors (Lipinski definition) is 3. The third kappa shape index (κ3) is 11.3. The number of carbonyl (C=O) groups is 1. The number of benzene rings is 1. The summed E-state index contributed by atoms with van der Waals surface area (Å²) in [6.07, 6.45) is 0.923. The highest BCUT2D eigenvalue weighted by Crippen LogP contribution is 2.15. The molecule has 1 unspecified atom stereocenters. The number of nitrogens with zero attached hydrogens (tertiary/aromatic N) is 1. The van der Waals surface area contributed by atoms with Crippen LogP contribution in [0, 0.1) is 0 Å². The fourth-order valence-corrected chi connectivity index (χ4v) is 2.10. The molecule has 0 saturated heterocycles. The van der Waals surface area contributed by atoms with E-state index in [-0.39, 0.29) is 42.5 Å². The normalized spacial score (nSPS) is 12.0. The number of aliphatic imine (C=N–C) groups is 1. The second-order valence-electron chi connectivity index (χ2n) is 5.47. The maximum Gasteiger partial charge on any atom is 0.239 e. The Bertz CT molecular complexity index is 514. The van der Waals surface area contributed by atoms with Gasteiger partial charge in [-0.25, -0.2) is 0 Å². The summed E-state index contributed by atoms with van der Waals surface area (Å²) in [6.45, 7) is 4.58. The van der Waals surface area contributed by atoms with Crippen LogP contribution in [-0.4, -0.2) is 58.9 Å². The van der Waals surface area contributed by atoms with Crippen LogP contribution >= 0.6 is 24.0 Å². The van der Waals surface area contributed by atoms with Gasteiger partial charge in [0.15, 0.2) is 5.96 Å². The van der Waals surface area contributed by atoms with E-state index in [0.717, 1.165) is 6.42 Å². The number of rotatable bonds is 11. The van der Waals surface area contributed by atoms with Gasteiger partial charge < -0.3 is 25.4 Å². The Morgan fingerprint density at radius 2 is 1.85 bits per heavy atom. The Hall–Kier alpha value is -1.39. The summed E-state index contributed by atoms with van der Waals surface area (Å²) in [7, 11) is 3.27.